The van der Waals surface area contributed by atoms with Gasteiger partial charge in [0.15, 0.2) is 0 Å². The van der Waals surface area contributed by atoms with Crippen molar-refractivity contribution in [2.24, 2.45) is 4.99 Å². The first-order chi connectivity index (χ1) is 11.5. The number of phenols is 1. The predicted molar refractivity (Wildman–Crippen MR) is 97.5 cm³/mol. The highest BCUT2D eigenvalue weighted by atomic mass is 32.2. The number of thioether (sulfide) groups is 1. The molecule has 2 aromatic rings. The zero-order valence-corrected chi connectivity index (χ0v) is 13.7. The fourth-order valence-corrected chi connectivity index (χ4v) is 3.25. The normalized spacial score (nSPS) is 17.0. The van der Waals surface area contributed by atoms with Crippen molar-refractivity contribution < 1.29 is 15.0 Å². The van der Waals surface area contributed by atoms with Crippen LogP contribution >= 0.6 is 11.8 Å². The molecule has 0 saturated carbocycles. The van der Waals surface area contributed by atoms with Gasteiger partial charge in [0.1, 0.15) is 11.5 Å². The molecule has 0 radical (unpaired) electrons. The number of aliphatic imine (C=N–C) groups is 1. The first kappa shape index (κ1) is 16.1. The van der Waals surface area contributed by atoms with E-state index in [2.05, 4.69) is 4.99 Å². The molecule has 1 heterocycles. The Kier molecular flexibility index (Phi) is 4.53. The third kappa shape index (κ3) is 3.41. The number of hydrogen-bond donors (Lipinski definition) is 2. The van der Waals surface area contributed by atoms with Crippen molar-refractivity contribution in [3.05, 3.63) is 76.4 Å². The molecule has 0 fully saturated rings. The zero-order chi connectivity index (χ0) is 17.1. The van der Waals surface area contributed by atoms with Crippen LogP contribution in [-0.4, -0.2) is 21.0 Å². The monoisotopic (exact) mass is 337 g/mol. The highest BCUT2D eigenvalue weighted by molar-refractivity contribution is 8.18. The van der Waals surface area contributed by atoms with Crippen molar-refractivity contribution in [1.82, 2.24) is 0 Å². The molecule has 0 spiro atoms. The largest absolute Gasteiger partial charge is 0.508 e. The lowest BCUT2D eigenvalue weighted by Gasteiger charge is -2.01. The van der Waals surface area contributed by atoms with Crippen LogP contribution in [0.15, 0.2) is 75.8 Å². The van der Waals surface area contributed by atoms with E-state index < -0.39 is 0 Å². The zero-order valence-electron chi connectivity index (χ0n) is 12.9. The van der Waals surface area contributed by atoms with Gasteiger partial charge in [0.05, 0.1) is 21.9 Å². The van der Waals surface area contributed by atoms with Crippen molar-refractivity contribution in [2.75, 3.05) is 0 Å². The number of para-hydroxylation sites is 1. The summed E-state index contributed by atoms with van der Waals surface area (Å²) in [5.41, 5.74) is 2.22. The number of nitrogens with zero attached hydrogens (tertiary/aromatic N) is 1. The summed E-state index contributed by atoms with van der Waals surface area (Å²) < 4.78 is 0. The van der Waals surface area contributed by atoms with Crippen LogP contribution in [0.3, 0.4) is 0 Å². The van der Waals surface area contributed by atoms with Gasteiger partial charge in [-0.1, -0.05) is 30.3 Å². The van der Waals surface area contributed by atoms with Crippen LogP contribution in [0.25, 0.3) is 6.08 Å². The summed E-state index contributed by atoms with van der Waals surface area (Å²) in [4.78, 5) is 17.1. The second kappa shape index (κ2) is 6.76. The lowest BCUT2D eigenvalue weighted by Crippen LogP contribution is -2.04. The minimum atomic E-state index is -0.227. The molecule has 1 aliphatic heterocycles. The SMILES string of the molecule is CC(=Nc1ccccc1)C1=C(O)/C(=C\c2ccc(O)cc2)SC1=O. The summed E-state index contributed by atoms with van der Waals surface area (Å²) in [5.74, 6) is 0.105. The average molecular weight is 337 g/mol. The standard InChI is InChI=1S/C19H15NO3S/c1-12(20-14-5-3-2-4-6-14)17-18(22)16(24-19(17)23)11-13-7-9-15(21)10-8-13/h2-11,21-22H,1H3/b16-11+,20-12?. The van der Waals surface area contributed by atoms with Crippen molar-refractivity contribution >= 4 is 34.4 Å². The number of aromatic hydroxyl groups is 1. The lowest BCUT2D eigenvalue weighted by atomic mass is 10.1. The van der Waals surface area contributed by atoms with E-state index >= 15 is 0 Å². The Labute approximate surface area is 143 Å². The van der Waals surface area contributed by atoms with E-state index in [0.717, 1.165) is 23.0 Å². The van der Waals surface area contributed by atoms with Gasteiger partial charge < -0.3 is 10.2 Å². The third-order valence-electron chi connectivity index (χ3n) is 3.48. The molecule has 0 amide bonds. The topological polar surface area (TPSA) is 69.9 Å². The van der Waals surface area contributed by atoms with Crippen molar-refractivity contribution in [3.8, 4) is 5.75 Å². The van der Waals surface area contributed by atoms with E-state index in [1.165, 1.54) is 0 Å². The van der Waals surface area contributed by atoms with Crippen molar-refractivity contribution in [1.29, 1.82) is 0 Å². The molecular weight excluding hydrogens is 322 g/mol. The summed E-state index contributed by atoms with van der Waals surface area (Å²) in [6, 6.07) is 15.8. The first-order valence-corrected chi connectivity index (χ1v) is 8.13. The molecule has 5 heteroatoms. The fourth-order valence-electron chi connectivity index (χ4n) is 2.31. The number of aliphatic hydroxyl groups is 1. The number of phenolic OH excluding ortho intramolecular Hbond substituents is 1. The molecule has 0 bridgehead atoms. The average Bonchev–Trinajstić information content (AvgIpc) is 2.84. The van der Waals surface area contributed by atoms with E-state index in [0.29, 0.717) is 10.6 Å². The van der Waals surface area contributed by atoms with Gasteiger partial charge in [0, 0.05) is 0 Å². The summed E-state index contributed by atoms with van der Waals surface area (Å²) in [6.07, 6.45) is 1.71. The van der Waals surface area contributed by atoms with Gasteiger partial charge in [-0.25, -0.2) is 0 Å². The molecule has 0 aromatic heterocycles. The Balaban J connectivity index is 1.95. The third-order valence-corrected chi connectivity index (χ3v) is 4.40. The number of hydrogen-bond acceptors (Lipinski definition) is 5. The first-order valence-electron chi connectivity index (χ1n) is 7.32. The number of aliphatic hydroxyl groups excluding tert-OH is 1. The van der Waals surface area contributed by atoms with Crippen LogP contribution in [0.5, 0.6) is 5.75 Å². The summed E-state index contributed by atoms with van der Waals surface area (Å²) >= 11 is 0.974. The van der Waals surface area contributed by atoms with Gasteiger partial charge in [0.25, 0.3) is 0 Å². The van der Waals surface area contributed by atoms with E-state index in [1.807, 2.05) is 30.3 Å². The molecule has 0 saturated heterocycles. The molecule has 3 rings (SSSR count). The molecule has 0 unspecified atom stereocenters. The number of rotatable bonds is 3. The quantitative estimate of drug-likeness (QED) is 0.802. The van der Waals surface area contributed by atoms with Crippen LogP contribution in [0.2, 0.25) is 0 Å². The fraction of sp³-hybridized carbons (Fsp3) is 0.0526. The van der Waals surface area contributed by atoms with Crippen molar-refractivity contribution in [2.45, 2.75) is 6.92 Å². The van der Waals surface area contributed by atoms with Crippen LogP contribution in [0.4, 0.5) is 5.69 Å². The molecule has 4 nitrogen and oxygen atoms in total. The van der Waals surface area contributed by atoms with Gasteiger partial charge in [0.2, 0.25) is 5.12 Å². The maximum atomic E-state index is 12.3. The van der Waals surface area contributed by atoms with Gasteiger partial charge in [-0.15, -0.1) is 0 Å². The minimum absolute atomic E-state index is 0.0599. The second-order valence-corrected chi connectivity index (χ2v) is 6.26. The Morgan fingerprint density at radius 2 is 1.71 bits per heavy atom. The van der Waals surface area contributed by atoms with Crippen LogP contribution < -0.4 is 0 Å². The van der Waals surface area contributed by atoms with Gasteiger partial charge >= 0.3 is 0 Å². The molecule has 0 aliphatic carbocycles. The van der Waals surface area contributed by atoms with Crippen LogP contribution in [0, 0.1) is 0 Å². The number of carbonyl (C=O) groups is 1. The van der Waals surface area contributed by atoms with Gasteiger partial charge in [-0.2, -0.15) is 0 Å². The smallest absolute Gasteiger partial charge is 0.229 e. The molecule has 2 N–H and O–H groups in total. The minimum Gasteiger partial charge on any atom is -0.508 e. The summed E-state index contributed by atoms with van der Waals surface area (Å²) in [5, 5.41) is 19.5. The van der Waals surface area contributed by atoms with E-state index in [1.54, 1.807) is 37.3 Å². The Hall–Kier alpha value is -2.79. The predicted octanol–water partition coefficient (Wildman–Crippen LogP) is 4.61. The van der Waals surface area contributed by atoms with Crippen LogP contribution in [-0.2, 0) is 4.79 Å². The lowest BCUT2D eigenvalue weighted by molar-refractivity contribution is -0.107. The molecule has 1 aliphatic rings. The van der Waals surface area contributed by atoms with Gasteiger partial charge in [-0.05, 0) is 54.6 Å². The molecular formula is C19H15NO3S. The maximum Gasteiger partial charge on any atom is 0.229 e. The van der Waals surface area contributed by atoms with E-state index in [9.17, 15) is 15.0 Å². The molecule has 24 heavy (non-hydrogen) atoms. The number of carbonyl (C=O) groups excluding carboxylic acids is 1. The molecule has 2 aromatic carbocycles. The second-order valence-electron chi connectivity index (χ2n) is 5.25. The highest BCUT2D eigenvalue weighted by Crippen LogP contribution is 2.38. The maximum absolute atomic E-state index is 12.3. The Bertz CT molecular complexity index is 865. The molecule has 0 atom stereocenters. The van der Waals surface area contributed by atoms with Crippen LogP contribution in [0.1, 0.15) is 12.5 Å². The van der Waals surface area contributed by atoms with E-state index in [-0.39, 0.29) is 22.2 Å². The van der Waals surface area contributed by atoms with E-state index in [4.69, 9.17) is 0 Å². The Morgan fingerprint density at radius 3 is 2.38 bits per heavy atom. The summed E-state index contributed by atoms with van der Waals surface area (Å²) in [6.45, 7) is 1.71. The van der Waals surface area contributed by atoms with Crippen molar-refractivity contribution in [3.63, 3.8) is 0 Å². The van der Waals surface area contributed by atoms with Gasteiger partial charge in [-0.3, -0.25) is 9.79 Å². The summed E-state index contributed by atoms with van der Waals surface area (Å²) in [7, 11) is 0. The Morgan fingerprint density at radius 1 is 1.04 bits per heavy atom. The number of benzene rings is 2. The molecule has 120 valence electrons. The highest BCUT2D eigenvalue weighted by Gasteiger charge is 2.30.